The Balaban J connectivity index is 0.00000338. The van der Waals surface area contributed by atoms with Crippen LogP contribution < -0.4 is 0 Å². The van der Waals surface area contributed by atoms with Crippen LogP contribution in [0.2, 0.25) is 0 Å². The van der Waals surface area contributed by atoms with Gasteiger partial charge in [0.1, 0.15) is 0 Å². The number of rotatable bonds is 9. The maximum absolute atomic E-state index is 11.6. The minimum atomic E-state index is -1.43. The van der Waals surface area contributed by atoms with Gasteiger partial charge in [0.15, 0.2) is 5.60 Å². The molecule has 5 heteroatoms. The van der Waals surface area contributed by atoms with Gasteiger partial charge in [-0.2, -0.15) is 0 Å². The van der Waals surface area contributed by atoms with E-state index in [0.717, 1.165) is 26.1 Å². The zero-order valence-corrected chi connectivity index (χ0v) is 16.3. The lowest BCUT2D eigenvalue weighted by Crippen LogP contribution is -2.37. The Kier molecular flexibility index (Phi) is 9.35. The number of oxime groups is 1. The van der Waals surface area contributed by atoms with Crippen LogP contribution in [0.3, 0.4) is 0 Å². The average molecular weight is 377 g/mol. The molecule has 2 N–H and O–H groups in total. The van der Waals surface area contributed by atoms with Crippen molar-refractivity contribution in [1.82, 2.24) is 4.90 Å². The van der Waals surface area contributed by atoms with Gasteiger partial charge >= 0.3 is 0 Å². The summed E-state index contributed by atoms with van der Waals surface area (Å²) < 4.78 is 0. The minimum Gasteiger partial charge on any atom is -0.411 e. The van der Waals surface area contributed by atoms with Crippen LogP contribution in [0.1, 0.15) is 37.8 Å². The van der Waals surface area contributed by atoms with E-state index in [1.807, 2.05) is 60.7 Å². The van der Waals surface area contributed by atoms with Crippen LogP contribution in [-0.2, 0) is 5.60 Å². The van der Waals surface area contributed by atoms with Gasteiger partial charge in [0.2, 0.25) is 0 Å². The molecule has 2 rings (SSSR count). The van der Waals surface area contributed by atoms with E-state index in [-0.39, 0.29) is 12.4 Å². The predicted molar refractivity (Wildman–Crippen MR) is 109 cm³/mol. The summed E-state index contributed by atoms with van der Waals surface area (Å²) in [4.78, 5) is 2.32. The molecule has 0 spiro atoms. The lowest BCUT2D eigenvalue weighted by molar-refractivity contribution is 0.146. The molecule has 0 saturated heterocycles. The van der Waals surface area contributed by atoms with Crippen LogP contribution >= 0.6 is 12.4 Å². The number of hydrogen-bond donors (Lipinski definition) is 2. The molecule has 0 aliphatic heterocycles. The first-order chi connectivity index (χ1) is 12.2. The van der Waals surface area contributed by atoms with Gasteiger partial charge in [0, 0.05) is 0 Å². The van der Waals surface area contributed by atoms with E-state index in [1.165, 1.54) is 0 Å². The third kappa shape index (κ3) is 5.07. The summed E-state index contributed by atoms with van der Waals surface area (Å²) >= 11 is 0. The molecule has 0 saturated carbocycles. The molecule has 4 nitrogen and oxygen atoms in total. The summed E-state index contributed by atoms with van der Waals surface area (Å²) in [5, 5.41) is 24.8. The van der Waals surface area contributed by atoms with Crippen molar-refractivity contribution in [1.29, 1.82) is 0 Å². The molecule has 0 bridgehead atoms. The van der Waals surface area contributed by atoms with Gasteiger partial charge in [-0.3, -0.25) is 0 Å². The second-order valence-corrected chi connectivity index (χ2v) is 6.12. The maximum atomic E-state index is 11.6. The van der Waals surface area contributed by atoms with E-state index in [9.17, 15) is 10.3 Å². The Labute approximate surface area is 162 Å². The predicted octanol–water partition coefficient (Wildman–Crippen LogP) is 4.30. The minimum absolute atomic E-state index is 0. The SMILES string of the molecule is CCN(CC)CCC/C(=N\O)C(O)(c1ccccc1)c1ccccc1.Cl. The van der Waals surface area contributed by atoms with Crippen LogP contribution in [-0.4, -0.2) is 40.6 Å². The highest BCUT2D eigenvalue weighted by Crippen LogP contribution is 2.32. The van der Waals surface area contributed by atoms with E-state index in [0.29, 0.717) is 23.3 Å². The van der Waals surface area contributed by atoms with Crippen LogP contribution in [0, 0.1) is 0 Å². The molecular weight excluding hydrogens is 348 g/mol. The van der Waals surface area contributed by atoms with Gasteiger partial charge in [0.05, 0.1) is 5.71 Å². The molecule has 142 valence electrons. The molecule has 26 heavy (non-hydrogen) atoms. The maximum Gasteiger partial charge on any atom is 0.156 e. The topological polar surface area (TPSA) is 56.1 Å². The molecule has 0 atom stereocenters. The highest BCUT2D eigenvalue weighted by atomic mass is 35.5. The molecule has 0 amide bonds. The molecule has 2 aromatic rings. The first-order valence-electron chi connectivity index (χ1n) is 8.94. The van der Waals surface area contributed by atoms with Crippen molar-refractivity contribution >= 4 is 18.1 Å². The quantitative estimate of drug-likeness (QED) is 0.390. The lowest BCUT2D eigenvalue weighted by Gasteiger charge is -2.30. The number of nitrogens with zero attached hydrogens (tertiary/aromatic N) is 2. The molecular formula is C21H29ClN2O2. The first kappa shape index (κ1) is 22.2. The normalized spacial score (nSPS) is 12.1. The van der Waals surface area contributed by atoms with Crippen molar-refractivity contribution in [3.8, 4) is 0 Å². The van der Waals surface area contributed by atoms with E-state index in [2.05, 4.69) is 23.9 Å². The fourth-order valence-corrected chi connectivity index (χ4v) is 3.17. The van der Waals surface area contributed by atoms with Crippen molar-refractivity contribution in [2.24, 2.45) is 5.16 Å². The van der Waals surface area contributed by atoms with Crippen molar-refractivity contribution in [3.63, 3.8) is 0 Å². The Bertz CT molecular complexity index is 619. The Morgan fingerprint density at radius 3 is 1.77 bits per heavy atom. The number of aliphatic hydroxyl groups is 1. The molecule has 0 fully saturated rings. The number of benzene rings is 2. The standard InChI is InChI=1S/C21H28N2O2.ClH/c1-3-23(4-2)17-11-16-20(22-25)21(24,18-12-7-5-8-13-18)19-14-9-6-10-15-19;/h5-10,12-15,24-25H,3-4,11,16-17H2,1-2H3;1H/b22-20+;. The van der Waals surface area contributed by atoms with Gasteiger partial charge in [-0.25, -0.2) is 0 Å². The fourth-order valence-electron chi connectivity index (χ4n) is 3.17. The summed E-state index contributed by atoms with van der Waals surface area (Å²) in [7, 11) is 0. The van der Waals surface area contributed by atoms with Crippen molar-refractivity contribution in [2.75, 3.05) is 19.6 Å². The highest BCUT2D eigenvalue weighted by molar-refractivity contribution is 5.96. The second-order valence-electron chi connectivity index (χ2n) is 6.12. The monoisotopic (exact) mass is 376 g/mol. The van der Waals surface area contributed by atoms with Crippen LogP contribution in [0.4, 0.5) is 0 Å². The molecule has 0 aliphatic rings. The zero-order valence-electron chi connectivity index (χ0n) is 15.5. The van der Waals surface area contributed by atoms with E-state index < -0.39 is 5.60 Å². The first-order valence-corrected chi connectivity index (χ1v) is 8.94. The Hall–Kier alpha value is -1.88. The molecule has 0 unspecified atom stereocenters. The van der Waals surface area contributed by atoms with E-state index >= 15 is 0 Å². The third-order valence-electron chi connectivity index (χ3n) is 4.70. The zero-order chi connectivity index (χ0) is 18.1. The van der Waals surface area contributed by atoms with Gasteiger partial charge in [-0.1, -0.05) is 79.7 Å². The van der Waals surface area contributed by atoms with E-state index in [1.54, 1.807) is 0 Å². The molecule has 0 radical (unpaired) electrons. The summed E-state index contributed by atoms with van der Waals surface area (Å²) in [5.74, 6) is 0. The lowest BCUT2D eigenvalue weighted by atomic mass is 9.80. The summed E-state index contributed by atoms with van der Waals surface area (Å²) in [6.45, 7) is 7.16. The Morgan fingerprint density at radius 1 is 0.923 bits per heavy atom. The molecule has 0 aliphatic carbocycles. The van der Waals surface area contributed by atoms with Gasteiger partial charge in [-0.15, -0.1) is 12.4 Å². The second kappa shape index (κ2) is 11.0. The third-order valence-corrected chi connectivity index (χ3v) is 4.70. The van der Waals surface area contributed by atoms with E-state index in [4.69, 9.17) is 0 Å². The molecule has 0 aromatic heterocycles. The molecule has 2 aromatic carbocycles. The Morgan fingerprint density at radius 2 is 1.38 bits per heavy atom. The number of hydrogen-bond acceptors (Lipinski definition) is 4. The van der Waals surface area contributed by atoms with Crippen molar-refractivity contribution < 1.29 is 10.3 Å². The van der Waals surface area contributed by atoms with Gasteiger partial charge in [0.25, 0.3) is 0 Å². The van der Waals surface area contributed by atoms with Crippen LogP contribution in [0.25, 0.3) is 0 Å². The largest absolute Gasteiger partial charge is 0.411 e. The highest BCUT2D eigenvalue weighted by Gasteiger charge is 2.37. The summed E-state index contributed by atoms with van der Waals surface area (Å²) in [5.41, 5.74) is 0.353. The van der Waals surface area contributed by atoms with Gasteiger partial charge < -0.3 is 15.2 Å². The van der Waals surface area contributed by atoms with Crippen molar-refractivity contribution in [2.45, 2.75) is 32.3 Å². The van der Waals surface area contributed by atoms with Crippen LogP contribution in [0.5, 0.6) is 0 Å². The van der Waals surface area contributed by atoms with Crippen LogP contribution in [0.15, 0.2) is 65.8 Å². The number of halogens is 1. The summed E-state index contributed by atoms with van der Waals surface area (Å²) in [6.07, 6.45) is 1.34. The smallest absolute Gasteiger partial charge is 0.156 e. The average Bonchev–Trinajstić information content (AvgIpc) is 2.69. The van der Waals surface area contributed by atoms with Crippen molar-refractivity contribution in [3.05, 3.63) is 71.8 Å². The molecule has 0 heterocycles. The fraction of sp³-hybridized carbons (Fsp3) is 0.381. The van der Waals surface area contributed by atoms with Gasteiger partial charge in [-0.05, 0) is 43.6 Å². The summed E-state index contributed by atoms with van der Waals surface area (Å²) in [6, 6.07) is 18.8.